The van der Waals surface area contributed by atoms with Gasteiger partial charge in [0.25, 0.3) is 0 Å². The predicted molar refractivity (Wildman–Crippen MR) is 186 cm³/mol. The number of nitrogens with zero attached hydrogens (tertiary/aromatic N) is 5. The Hall–Kier alpha value is -3.80. The number of allylic oxidation sites excluding steroid dienone is 4. The molecule has 2 aromatic heterocycles. The van der Waals surface area contributed by atoms with Gasteiger partial charge in [0.1, 0.15) is 11.4 Å². The second-order valence-corrected chi connectivity index (χ2v) is 11.9. The van der Waals surface area contributed by atoms with Gasteiger partial charge in [0.15, 0.2) is 11.5 Å². The molecule has 6 bridgehead atoms. The molecule has 0 atom stereocenters. The largest absolute Gasteiger partial charge is 3.00 e. The van der Waals surface area contributed by atoms with Crippen LogP contribution in [0.1, 0.15) is 94.2 Å². The van der Waals surface area contributed by atoms with E-state index >= 15 is 0 Å². The zero-order valence-electron chi connectivity index (χ0n) is 29.5. The summed E-state index contributed by atoms with van der Waals surface area (Å²) in [6.07, 6.45) is 8.09. The summed E-state index contributed by atoms with van der Waals surface area (Å²) in [4.78, 5) is 34.0. The van der Waals surface area contributed by atoms with Crippen molar-refractivity contribution in [3.05, 3.63) is 64.5 Å². The maximum atomic E-state index is 11.6. The fraction of sp³-hybridized carbons (Fsp3) is 0.395. The van der Waals surface area contributed by atoms with Crippen LogP contribution in [0.5, 0.6) is 17.2 Å². The van der Waals surface area contributed by atoms with E-state index in [0.29, 0.717) is 42.0 Å². The van der Waals surface area contributed by atoms with Gasteiger partial charge in [-0.15, -0.1) is 12.1 Å². The molecular weight excluding hydrogens is 797 g/mol. The van der Waals surface area contributed by atoms with Crippen LogP contribution < -0.4 is 29.4 Å². The van der Waals surface area contributed by atoms with Gasteiger partial charge in [-0.25, -0.2) is 9.97 Å². The Balaban J connectivity index is 0.00000107. The fourth-order valence-corrected chi connectivity index (χ4v) is 6.42. The Morgan fingerprint density at radius 3 is 2.08 bits per heavy atom. The molecule has 11 nitrogen and oxygen atoms in total. The second kappa shape index (κ2) is 17.4. The van der Waals surface area contributed by atoms with Crippen molar-refractivity contribution in [1.29, 1.82) is 0 Å². The number of aryl methyl sites for hydroxylation is 2. The van der Waals surface area contributed by atoms with Crippen molar-refractivity contribution in [1.82, 2.24) is 24.9 Å². The zero-order valence-corrected chi connectivity index (χ0v) is 31.1. The summed E-state index contributed by atoms with van der Waals surface area (Å²) in [5, 5.41) is 20.4. The van der Waals surface area contributed by atoms with E-state index in [0.717, 1.165) is 88.9 Å². The number of aliphatic carboxylic acids is 1. The standard InChI is InChI=1S/C36H39N5O4.C2H4O2.Lu/c1-7-22-23(8-2)34-36-35-25(12-10-14-45-36)21(4)31(41-35)19-38-29-17-33(44-6)32(43-5)16-28(29)37-18-30-20(3)24(11-9-13-42)27(39-30)15-26(22)40-34;1-2(3)4;/h15-19H,7-14H2,1-6H3;1H3,(H,3,4);/q-2;;+3/p-1. The normalized spacial score (nSPS) is 13.4. The number of carbonyl (C=O) groups excluding carboxylic acids is 1. The predicted octanol–water partition coefficient (Wildman–Crippen LogP) is 5.04. The first-order valence-electron chi connectivity index (χ1n) is 16.6. The van der Waals surface area contributed by atoms with Gasteiger partial charge in [-0.05, 0) is 75.2 Å². The molecule has 0 radical (unpaired) electrons. The number of fused-ring (bicyclic) bond motifs is 7. The van der Waals surface area contributed by atoms with Gasteiger partial charge in [0, 0.05) is 18.1 Å². The summed E-state index contributed by atoms with van der Waals surface area (Å²) in [7, 11) is 3.20. The zero-order chi connectivity index (χ0) is 35.2. The number of rotatable bonds is 7. The maximum absolute atomic E-state index is 11.6. The molecule has 0 aliphatic carbocycles. The topological polar surface area (TPSA) is 157 Å². The molecular formula is C38H42LuN5O6. The van der Waals surface area contributed by atoms with E-state index in [1.54, 1.807) is 26.6 Å². The van der Waals surface area contributed by atoms with Gasteiger partial charge < -0.3 is 34.2 Å². The average molecular weight is 840 g/mol. The second-order valence-electron chi connectivity index (χ2n) is 11.9. The van der Waals surface area contributed by atoms with Crippen molar-refractivity contribution in [2.75, 3.05) is 27.4 Å². The van der Waals surface area contributed by atoms with Crippen molar-refractivity contribution >= 4 is 50.3 Å². The molecule has 0 fully saturated rings. The summed E-state index contributed by atoms with van der Waals surface area (Å²) >= 11 is 0. The molecule has 12 heteroatoms. The molecule has 270 valence electrons. The summed E-state index contributed by atoms with van der Waals surface area (Å²) in [5.41, 5.74) is 12.8. The number of ether oxygens (including phenoxy) is 3. The number of carboxylic acids is 1. The summed E-state index contributed by atoms with van der Waals surface area (Å²) in [6.45, 7) is 9.89. The minimum Gasteiger partial charge on any atom is -0.854 e. The van der Waals surface area contributed by atoms with Crippen molar-refractivity contribution in [2.45, 2.75) is 73.1 Å². The third-order valence-electron chi connectivity index (χ3n) is 8.87. The van der Waals surface area contributed by atoms with Gasteiger partial charge in [-0.2, -0.15) is 0 Å². The van der Waals surface area contributed by atoms with Crippen LogP contribution >= 0.6 is 0 Å². The van der Waals surface area contributed by atoms with Crippen LogP contribution in [0.2, 0.25) is 0 Å². The van der Waals surface area contributed by atoms with Crippen LogP contribution in [0.4, 0.5) is 0 Å². The van der Waals surface area contributed by atoms with E-state index in [2.05, 4.69) is 26.8 Å². The quantitative estimate of drug-likeness (QED) is 0.314. The SMILES string of the molecule is CC(=O)[O-].CCc1c(CC)c2[n-]c1cc1nc(cnc3cc(OC)c(OC)cc3ncc3nc4c2OCCCC4=C3C)C(C)=C1CCC[O-].[Lu+3]. The Morgan fingerprint density at radius 2 is 1.52 bits per heavy atom. The van der Waals surface area contributed by atoms with E-state index < -0.39 is 5.97 Å². The van der Waals surface area contributed by atoms with Gasteiger partial charge in [0.2, 0.25) is 0 Å². The number of hydrogen-bond acceptors (Lipinski definition) is 10. The van der Waals surface area contributed by atoms with Crippen molar-refractivity contribution in [2.24, 2.45) is 0 Å². The van der Waals surface area contributed by atoms with Crippen LogP contribution in [0, 0.1) is 36.9 Å². The molecule has 3 aliphatic heterocycles. The van der Waals surface area contributed by atoms with E-state index in [1.165, 1.54) is 16.7 Å². The molecule has 0 N–H and O–H groups in total. The van der Waals surface area contributed by atoms with E-state index in [9.17, 15) is 5.11 Å². The molecule has 0 saturated heterocycles. The Bertz CT molecular complexity index is 2030. The summed E-state index contributed by atoms with van der Waals surface area (Å²) < 4.78 is 17.7. The third-order valence-corrected chi connectivity index (χ3v) is 8.87. The number of hydrogen-bond donors (Lipinski definition) is 0. The molecule has 3 aromatic rings. The fourth-order valence-electron chi connectivity index (χ4n) is 6.42. The number of carbonyl (C=O) groups is 1. The minimum absolute atomic E-state index is 0. The molecule has 0 unspecified atom stereocenters. The van der Waals surface area contributed by atoms with Gasteiger partial charge in [0.05, 0.1) is 61.3 Å². The van der Waals surface area contributed by atoms with Crippen molar-refractivity contribution in [3.63, 3.8) is 0 Å². The number of methoxy groups -OCH3 is 2. The van der Waals surface area contributed by atoms with Crippen molar-refractivity contribution in [3.8, 4) is 17.2 Å². The molecule has 5 heterocycles. The third kappa shape index (κ3) is 8.06. The first-order chi connectivity index (χ1) is 23.6. The summed E-state index contributed by atoms with van der Waals surface area (Å²) in [5.74, 6) is 0.751. The smallest absolute Gasteiger partial charge is 0.854 e. The number of aromatic nitrogens is 5. The van der Waals surface area contributed by atoms with Crippen LogP contribution in [-0.4, -0.2) is 53.3 Å². The molecule has 6 rings (SSSR count). The van der Waals surface area contributed by atoms with Crippen LogP contribution in [0.3, 0.4) is 0 Å². The molecule has 3 aliphatic rings. The maximum Gasteiger partial charge on any atom is 3.00 e. The molecule has 0 saturated carbocycles. The molecule has 1 aromatic carbocycles. The van der Waals surface area contributed by atoms with Crippen LogP contribution in [0.15, 0.2) is 30.6 Å². The van der Waals surface area contributed by atoms with Gasteiger partial charge >= 0.3 is 36.9 Å². The van der Waals surface area contributed by atoms with E-state index in [4.69, 9.17) is 49.0 Å². The van der Waals surface area contributed by atoms with Crippen molar-refractivity contribution < 1.29 is 66.1 Å². The first-order valence-corrected chi connectivity index (χ1v) is 16.6. The van der Waals surface area contributed by atoms with Gasteiger partial charge in [-0.1, -0.05) is 43.0 Å². The molecule has 0 spiro atoms. The Kier molecular flexibility index (Phi) is 13.6. The van der Waals surface area contributed by atoms with E-state index in [1.807, 2.05) is 19.1 Å². The van der Waals surface area contributed by atoms with Gasteiger partial charge in [-0.3, -0.25) is 9.97 Å². The first kappa shape index (κ1) is 39.0. The van der Waals surface area contributed by atoms with Crippen LogP contribution in [-0.2, 0) is 17.6 Å². The molecule has 0 amide bonds. The van der Waals surface area contributed by atoms with E-state index in [-0.39, 0.29) is 43.5 Å². The summed E-state index contributed by atoms with van der Waals surface area (Å²) in [6, 6.07) is 5.70. The number of carboxylic acid groups (broad SMARTS) is 1. The number of benzene rings is 1. The average Bonchev–Trinajstić information content (AvgIpc) is 3.63. The Labute approximate surface area is 321 Å². The molecule has 50 heavy (non-hydrogen) atoms. The van der Waals surface area contributed by atoms with Crippen LogP contribution in [0.25, 0.3) is 44.4 Å². The minimum atomic E-state index is -1.08. The monoisotopic (exact) mass is 839 g/mol. The Morgan fingerprint density at radius 1 is 0.920 bits per heavy atom.